The highest BCUT2D eigenvalue weighted by molar-refractivity contribution is 5.74. The highest BCUT2D eigenvalue weighted by Crippen LogP contribution is 2.26. The molecule has 1 rings (SSSR count). The van der Waals surface area contributed by atoms with Crippen molar-refractivity contribution in [1.29, 1.82) is 0 Å². The van der Waals surface area contributed by atoms with Crippen LogP contribution in [0.15, 0.2) is 109 Å². The first-order valence-corrected chi connectivity index (χ1v) is 32.9. The molecule has 83 heavy (non-hydrogen) atoms. The Bertz CT molecular complexity index is 1860. The van der Waals surface area contributed by atoms with Gasteiger partial charge >= 0.3 is 23.9 Å². The molecule has 12 heteroatoms. The van der Waals surface area contributed by atoms with E-state index in [1.807, 2.05) is 0 Å². The number of ether oxygens (including phenoxy) is 5. The Labute approximate surface area is 504 Å². The largest absolute Gasteiger partial charge is 0.479 e. The molecule has 1 heterocycles. The molecule has 0 bridgehead atoms. The number of esters is 3. The van der Waals surface area contributed by atoms with Gasteiger partial charge in [0.1, 0.15) is 18.8 Å². The van der Waals surface area contributed by atoms with E-state index in [0.29, 0.717) is 19.3 Å². The third-order valence-corrected chi connectivity index (χ3v) is 14.3. The molecule has 1 fully saturated rings. The summed E-state index contributed by atoms with van der Waals surface area (Å²) in [5.74, 6) is -3.19. The van der Waals surface area contributed by atoms with E-state index in [1.54, 1.807) is 0 Å². The minimum atomic E-state index is -1.92. The summed E-state index contributed by atoms with van der Waals surface area (Å²) < 4.78 is 28.5. The number of carbonyl (C=O) groups excluding carboxylic acids is 3. The molecule has 472 valence electrons. The van der Waals surface area contributed by atoms with Gasteiger partial charge in [-0.15, -0.1) is 0 Å². The zero-order chi connectivity index (χ0) is 60.3. The molecule has 0 saturated carbocycles. The quantitative estimate of drug-likeness (QED) is 0.0228. The van der Waals surface area contributed by atoms with E-state index in [9.17, 15) is 34.5 Å². The molecule has 6 atom stereocenters. The van der Waals surface area contributed by atoms with E-state index >= 15 is 0 Å². The van der Waals surface area contributed by atoms with Gasteiger partial charge in [-0.2, -0.15) is 0 Å². The zero-order valence-corrected chi connectivity index (χ0v) is 52.2. The van der Waals surface area contributed by atoms with Crippen LogP contribution in [0, 0.1) is 0 Å². The minimum absolute atomic E-state index is 0.0148. The number of rotatable bonds is 55. The van der Waals surface area contributed by atoms with Gasteiger partial charge in [-0.3, -0.25) is 14.4 Å². The van der Waals surface area contributed by atoms with Gasteiger partial charge in [-0.1, -0.05) is 252 Å². The summed E-state index contributed by atoms with van der Waals surface area (Å²) in [5, 5.41) is 31.6. The predicted octanol–water partition coefficient (Wildman–Crippen LogP) is 17.8. The summed E-state index contributed by atoms with van der Waals surface area (Å²) >= 11 is 0. The van der Waals surface area contributed by atoms with Crippen molar-refractivity contribution in [2.24, 2.45) is 0 Å². The lowest BCUT2D eigenvalue weighted by molar-refractivity contribution is -0.301. The van der Waals surface area contributed by atoms with Crippen molar-refractivity contribution in [3.8, 4) is 0 Å². The van der Waals surface area contributed by atoms with Gasteiger partial charge in [0.2, 0.25) is 0 Å². The fourth-order valence-electron chi connectivity index (χ4n) is 9.39. The summed E-state index contributed by atoms with van der Waals surface area (Å²) in [6.45, 7) is 5.76. The van der Waals surface area contributed by atoms with Crippen LogP contribution in [0.2, 0.25) is 0 Å². The summed E-state index contributed by atoms with van der Waals surface area (Å²) in [6.07, 6.45) is 66.1. The summed E-state index contributed by atoms with van der Waals surface area (Å²) in [7, 11) is 0. The molecule has 0 amide bonds. The number of aliphatic carboxylic acids is 1. The fourth-order valence-corrected chi connectivity index (χ4v) is 9.39. The van der Waals surface area contributed by atoms with Gasteiger partial charge in [0.05, 0.1) is 6.61 Å². The Hall–Kier alpha value is -4.62. The van der Waals surface area contributed by atoms with Crippen LogP contribution in [-0.2, 0) is 42.9 Å². The molecule has 0 aromatic heterocycles. The normalized spacial score (nSPS) is 18.3. The van der Waals surface area contributed by atoms with Crippen LogP contribution in [0.1, 0.15) is 265 Å². The Morgan fingerprint density at radius 3 is 1.17 bits per heavy atom. The predicted molar refractivity (Wildman–Crippen MR) is 340 cm³/mol. The Kier molecular flexibility index (Phi) is 53.2. The molecular weight excluding hydrogens is 1040 g/mol. The number of aliphatic hydroxyl groups is 2. The number of hydrogen-bond acceptors (Lipinski definition) is 11. The van der Waals surface area contributed by atoms with Crippen LogP contribution in [-0.4, -0.2) is 89.2 Å². The number of aliphatic hydroxyl groups excluding tert-OH is 2. The van der Waals surface area contributed by atoms with E-state index < -0.39 is 67.3 Å². The fraction of sp³-hybridized carbons (Fsp3) is 0.690. The minimum Gasteiger partial charge on any atom is -0.479 e. The number of hydrogen-bond donors (Lipinski definition) is 3. The molecule has 0 aliphatic carbocycles. The molecule has 12 nitrogen and oxygen atoms in total. The maximum absolute atomic E-state index is 13.2. The van der Waals surface area contributed by atoms with Crippen LogP contribution >= 0.6 is 0 Å². The van der Waals surface area contributed by atoms with E-state index in [-0.39, 0.29) is 25.9 Å². The highest BCUT2D eigenvalue weighted by atomic mass is 16.7. The Morgan fingerprint density at radius 1 is 0.410 bits per heavy atom. The van der Waals surface area contributed by atoms with E-state index in [0.717, 1.165) is 122 Å². The number of carboxylic acids is 1. The Morgan fingerprint density at radius 2 is 0.759 bits per heavy atom. The smallest absolute Gasteiger partial charge is 0.335 e. The van der Waals surface area contributed by atoms with Crippen LogP contribution in [0.5, 0.6) is 0 Å². The van der Waals surface area contributed by atoms with Crippen LogP contribution in [0.3, 0.4) is 0 Å². The van der Waals surface area contributed by atoms with Gasteiger partial charge in [0, 0.05) is 19.3 Å². The molecule has 0 aromatic rings. The maximum Gasteiger partial charge on any atom is 0.335 e. The number of carbonyl (C=O) groups is 4. The van der Waals surface area contributed by atoms with Gasteiger partial charge in [0.15, 0.2) is 24.6 Å². The maximum atomic E-state index is 13.2. The molecule has 0 spiro atoms. The number of unbranched alkanes of at least 4 members (excludes halogenated alkanes) is 23. The summed E-state index contributed by atoms with van der Waals surface area (Å²) in [6, 6.07) is 0. The molecule has 1 aliphatic heterocycles. The van der Waals surface area contributed by atoms with Gasteiger partial charge in [-0.05, 0) is 103 Å². The van der Waals surface area contributed by atoms with Crippen LogP contribution in [0.25, 0.3) is 0 Å². The van der Waals surface area contributed by atoms with Crippen molar-refractivity contribution in [3.05, 3.63) is 109 Å². The lowest BCUT2D eigenvalue weighted by atomic mass is 9.98. The first-order chi connectivity index (χ1) is 40.6. The molecule has 1 aliphatic rings. The average molecular weight is 1160 g/mol. The third-order valence-electron chi connectivity index (χ3n) is 14.3. The molecule has 3 N–H and O–H groups in total. The molecule has 0 radical (unpaired) electrons. The van der Waals surface area contributed by atoms with E-state index in [1.165, 1.54) is 83.5 Å². The first-order valence-electron chi connectivity index (χ1n) is 32.9. The SMILES string of the molecule is CC/C=C\C/C=C\C/C=C\C/C=C\C/C=C\CCCCCC(=O)OC1C(OCC(COC(=O)CCCCCC/C=C\C/C=C\C/C=C\C/C=C\CC)OC(=O)CCCCCCCCCCCCCCCCCCC)OC(C(=O)O)C(O)C1O. The average Bonchev–Trinajstić information content (AvgIpc) is 3.55. The van der Waals surface area contributed by atoms with Gasteiger partial charge in [0.25, 0.3) is 0 Å². The van der Waals surface area contributed by atoms with Crippen molar-refractivity contribution in [3.63, 3.8) is 0 Å². The Balaban J connectivity index is 2.70. The second kappa shape index (κ2) is 57.8. The monoisotopic (exact) mass is 1160 g/mol. The van der Waals surface area contributed by atoms with E-state index in [4.69, 9.17) is 23.7 Å². The highest BCUT2D eigenvalue weighted by Gasteiger charge is 2.50. The van der Waals surface area contributed by atoms with Gasteiger partial charge < -0.3 is 39.0 Å². The van der Waals surface area contributed by atoms with E-state index in [2.05, 4.69) is 130 Å². The third kappa shape index (κ3) is 47.3. The molecule has 0 aromatic carbocycles. The van der Waals surface area contributed by atoms with Crippen molar-refractivity contribution in [1.82, 2.24) is 0 Å². The molecule has 1 saturated heterocycles. The van der Waals surface area contributed by atoms with Crippen molar-refractivity contribution < 1.29 is 58.2 Å². The van der Waals surface area contributed by atoms with Crippen LogP contribution in [0.4, 0.5) is 0 Å². The number of allylic oxidation sites excluding steroid dienone is 18. The van der Waals surface area contributed by atoms with Crippen molar-refractivity contribution in [2.45, 2.75) is 302 Å². The summed E-state index contributed by atoms with van der Waals surface area (Å²) in [5.41, 5.74) is 0. The van der Waals surface area contributed by atoms with Crippen molar-refractivity contribution in [2.75, 3.05) is 13.2 Å². The topological polar surface area (TPSA) is 175 Å². The van der Waals surface area contributed by atoms with Crippen molar-refractivity contribution >= 4 is 23.9 Å². The van der Waals surface area contributed by atoms with Gasteiger partial charge in [-0.25, -0.2) is 4.79 Å². The second-order valence-corrected chi connectivity index (χ2v) is 22.0. The lowest BCUT2D eigenvalue weighted by Gasteiger charge is -2.40. The number of carboxylic acid groups (broad SMARTS) is 1. The standard InChI is InChI=1S/C71H116O12/c1-4-7-10-13-16-19-22-25-28-31-32-35-38-41-44-47-50-53-56-59-65(74)82-69-67(76)66(75)68(70(77)78)83-71(69)80-61-62(81-64(73)58-55-52-49-46-43-40-37-34-30-27-24-21-18-15-12-9-6-3)60-79-63(72)57-54-51-48-45-42-39-36-33-29-26-23-20-17-14-11-8-5-2/h7-8,10-11,16-17,19-20,25-26,28-29,32,35-36,39,41,44,62,66-69,71,75-76H,4-6,9,12-15,18,21-24,27,30-31,33-34,37-38,40,42-43,45-61H2,1-3H3,(H,77,78)/b10-7-,11-8-,19-16-,20-17-,28-25-,29-26-,35-32-,39-36-,44-41-. The summed E-state index contributed by atoms with van der Waals surface area (Å²) in [4.78, 5) is 51.4. The molecule has 6 unspecified atom stereocenters. The lowest BCUT2D eigenvalue weighted by Crippen LogP contribution is -2.61. The van der Waals surface area contributed by atoms with Crippen LogP contribution < -0.4 is 0 Å². The first kappa shape index (κ1) is 76.4. The zero-order valence-electron chi connectivity index (χ0n) is 52.2. The molecular formula is C71H116O12. The second-order valence-electron chi connectivity index (χ2n) is 22.0.